The molecule has 2 amide bonds. The van der Waals surface area contributed by atoms with Crippen LogP contribution in [0.3, 0.4) is 0 Å². The lowest BCUT2D eigenvalue weighted by Crippen LogP contribution is -2.56. The molecule has 3 saturated heterocycles. The van der Waals surface area contributed by atoms with E-state index in [-0.39, 0.29) is 38.1 Å². The highest BCUT2D eigenvalue weighted by molar-refractivity contribution is 6.04. The number of carbonyl (C=O) groups excluding carboxylic acids is 3. The van der Waals surface area contributed by atoms with Gasteiger partial charge in [0, 0.05) is 18.8 Å². The zero-order chi connectivity index (χ0) is 24.7. The van der Waals surface area contributed by atoms with Crippen molar-refractivity contribution in [2.75, 3.05) is 38.3 Å². The van der Waals surface area contributed by atoms with Gasteiger partial charge in [-0.3, -0.25) is 14.4 Å². The number of hydrogen-bond donors (Lipinski definition) is 1. The van der Waals surface area contributed by atoms with Crippen LogP contribution in [0.15, 0.2) is 36.9 Å². The monoisotopic (exact) mass is 472 g/mol. The summed E-state index contributed by atoms with van der Waals surface area (Å²) in [5, 5.41) is 9.72. The highest BCUT2D eigenvalue weighted by Crippen LogP contribution is 2.63. The van der Waals surface area contributed by atoms with Crippen molar-refractivity contribution in [3.05, 3.63) is 36.9 Å². The van der Waals surface area contributed by atoms with Gasteiger partial charge in [0.2, 0.25) is 5.91 Å². The highest BCUT2D eigenvalue weighted by Gasteiger charge is 2.78. The quantitative estimate of drug-likeness (QED) is 0.429. The maximum absolute atomic E-state index is 14.1. The Morgan fingerprint density at radius 1 is 1.32 bits per heavy atom. The highest BCUT2D eigenvalue weighted by atomic mass is 16.6. The number of aliphatic hydroxyl groups excluding tert-OH is 1. The molecule has 34 heavy (non-hydrogen) atoms. The van der Waals surface area contributed by atoms with Gasteiger partial charge in [-0.25, -0.2) is 0 Å². The van der Waals surface area contributed by atoms with E-state index in [2.05, 4.69) is 6.58 Å². The number of ether oxygens (including phenoxy) is 3. The Labute approximate surface area is 199 Å². The number of β-amino-alcohol motifs (C(OH)–C–C–N with tert-alkyl or cyclic N) is 1. The van der Waals surface area contributed by atoms with E-state index in [0.29, 0.717) is 24.3 Å². The third-order valence-electron chi connectivity index (χ3n) is 7.35. The van der Waals surface area contributed by atoms with Crippen molar-refractivity contribution in [1.29, 1.82) is 0 Å². The molecule has 3 aliphatic heterocycles. The van der Waals surface area contributed by atoms with Crippen LogP contribution in [0.1, 0.15) is 26.7 Å². The third kappa shape index (κ3) is 3.49. The molecule has 184 valence electrons. The second kappa shape index (κ2) is 9.03. The average Bonchev–Trinajstić information content (AvgIpc) is 3.39. The van der Waals surface area contributed by atoms with Crippen molar-refractivity contribution in [3.8, 4) is 5.75 Å². The molecule has 1 spiro atoms. The summed E-state index contributed by atoms with van der Waals surface area (Å²) in [4.78, 5) is 43.7. The first-order chi connectivity index (χ1) is 16.3. The number of rotatable bonds is 9. The standard InChI is InChI=1S/C25H32N2O7/c1-5-13-26(16-7-9-17(32-4)10-8-16)22(30)20-25-12-11-24(3,34-25)19(23(31)33-6-2)18(25)21(29)27(20)14-15-28/h5,7-10,18-20,28H,1,6,11-15H2,2-4H3/t18-,19+,20?,24-,25?/m0/s1. The Hall–Kier alpha value is -2.91. The lowest BCUT2D eigenvalue weighted by atomic mass is 9.66. The number of amides is 2. The second-order valence-corrected chi connectivity index (χ2v) is 9.17. The molecular weight excluding hydrogens is 440 g/mol. The molecule has 9 heteroatoms. The summed E-state index contributed by atoms with van der Waals surface area (Å²) in [6, 6.07) is 6.04. The normalized spacial score (nSPS) is 31.4. The fraction of sp³-hybridized carbons (Fsp3) is 0.560. The number of hydrogen-bond acceptors (Lipinski definition) is 7. The average molecular weight is 473 g/mol. The van der Waals surface area contributed by atoms with Gasteiger partial charge in [-0.2, -0.15) is 0 Å². The summed E-state index contributed by atoms with van der Waals surface area (Å²) in [5.74, 6) is -2.19. The van der Waals surface area contributed by atoms with Gasteiger partial charge in [-0.1, -0.05) is 6.08 Å². The molecule has 5 atom stereocenters. The van der Waals surface area contributed by atoms with Crippen molar-refractivity contribution in [2.45, 2.75) is 43.9 Å². The van der Waals surface area contributed by atoms with Crippen LogP contribution in [0.4, 0.5) is 5.69 Å². The van der Waals surface area contributed by atoms with Crippen molar-refractivity contribution in [1.82, 2.24) is 4.90 Å². The van der Waals surface area contributed by atoms with E-state index < -0.39 is 35.0 Å². The summed E-state index contributed by atoms with van der Waals surface area (Å²) in [6.45, 7) is 7.37. The number of fused-ring (bicyclic) bond motifs is 1. The molecule has 1 N–H and O–H groups in total. The van der Waals surface area contributed by atoms with Crippen molar-refractivity contribution in [2.24, 2.45) is 11.8 Å². The van der Waals surface area contributed by atoms with Crippen molar-refractivity contribution >= 4 is 23.5 Å². The number of anilines is 1. The van der Waals surface area contributed by atoms with Gasteiger partial charge in [0.1, 0.15) is 23.3 Å². The first-order valence-electron chi connectivity index (χ1n) is 11.6. The van der Waals surface area contributed by atoms with Gasteiger partial charge in [0.05, 0.1) is 31.8 Å². The van der Waals surface area contributed by atoms with Gasteiger partial charge in [-0.15, -0.1) is 6.58 Å². The van der Waals surface area contributed by atoms with Crippen LogP contribution in [0.25, 0.3) is 0 Å². The molecule has 3 heterocycles. The van der Waals surface area contributed by atoms with Crippen LogP contribution in [-0.4, -0.2) is 78.4 Å². The number of methoxy groups -OCH3 is 1. The summed E-state index contributed by atoms with van der Waals surface area (Å²) < 4.78 is 17.0. The number of aliphatic hydroxyl groups is 1. The van der Waals surface area contributed by atoms with Gasteiger partial charge < -0.3 is 29.1 Å². The van der Waals surface area contributed by atoms with Crippen LogP contribution in [0.2, 0.25) is 0 Å². The predicted molar refractivity (Wildman–Crippen MR) is 123 cm³/mol. The Morgan fingerprint density at radius 2 is 2.03 bits per heavy atom. The molecule has 2 unspecified atom stereocenters. The van der Waals surface area contributed by atoms with E-state index in [4.69, 9.17) is 14.2 Å². The number of likely N-dealkylation sites (tertiary alicyclic amines) is 1. The predicted octanol–water partition coefficient (Wildman–Crippen LogP) is 1.53. The summed E-state index contributed by atoms with van der Waals surface area (Å²) in [6.07, 6.45) is 2.60. The molecule has 1 aromatic carbocycles. The van der Waals surface area contributed by atoms with Crippen molar-refractivity contribution < 1.29 is 33.7 Å². The molecule has 0 saturated carbocycles. The number of carbonyl (C=O) groups is 3. The fourth-order valence-corrected chi connectivity index (χ4v) is 6.00. The SMILES string of the molecule is C=CCN(C(=O)C1N(CCO)C(=O)[C@@H]2[C@H](C(=O)OCC)[C@]3(C)CCC12O3)c1ccc(OC)cc1. The minimum Gasteiger partial charge on any atom is -0.497 e. The van der Waals surface area contributed by atoms with Gasteiger partial charge in [0.25, 0.3) is 5.91 Å². The second-order valence-electron chi connectivity index (χ2n) is 9.17. The van der Waals surface area contributed by atoms with Gasteiger partial charge in [-0.05, 0) is 51.0 Å². The summed E-state index contributed by atoms with van der Waals surface area (Å²) >= 11 is 0. The van der Waals surface area contributed by atoms with E-state index in [9.17, 15) is 19.5 Å². The zero-order valence-corrected chi connectivity index (χ0v) is 19.9. The molecule has 0 radical (unpaired) electrons. The van der Waals surface area contributed by atoms with Gasteiger partial charge in [0.15, 0.2) is 0 Å². The molecule has 2 bridgehead atoms. The number of nitrogens with zero attached hydrogens (tertiary/aromatic N) is 2. The maximum Gasteiger partial charge on any atom is 0.312 e. The van der Waals surface area contributed by atoms with Crippen LogP contribution < -0.4 is 9.64 Å². The van der Waals surface area contributed by atoms with E-state index in [1.807, 2.05) is 6.92 Å². The first kappa shape index (κ1) is 24.2. The molecule has 9 nitrogen and oxygen atoms in total. The molecule has 1 aromatic rings. The fourth-order valence-electron chi connectivity index (χ4n) is 6.00. The zero-order valence-electron chi connectivity index (χ0n) is 19.9. The third-order valence-corrected chi connectivity index (χ3v) is 7.35. The van der Waals surface area contributed by atoms with Crippen LogP contribution >= 0.6 is 0 Å². The molecule has 3 aliphatic rings. The summed E-state index contributed by atoms with van der Waals surface area (Å²) in [7, 11) is 1.56. The summed E-state index contributed by atoms with van der Waals surface area (Å²) in [5.41, 5.74) is -1.44. The Balaban J connectivity index is 1.77. The Bertz CT molecular complexity index is 980. The van der Waals surface area contributed by atoms with E-state index in [1.165, 1.54) is 4.90 Å². The van der Waals surface area contributed by atoms with E-state index in [1.54, 1.807) is 49.3 Å². The van der Waals surface area contributed by atoms with Crippen molar-refractivity contribution in [3.63, 3.8) is 0 Å². The number of esters is 1. The molecule has 4 rings (SSSR count). The lowest BCUT2D eigenvalue weighted by Gasteiger charge is -2.36. The molecule has 0 aliphatic carbocycles. The largest absolute Gasteiger partial charge is 0.497 e. The molecule has 3 fully saturated rings. The van der Waals surface area contributed by atoms with Gasteiger partial charge >= 0.3 is 5.97 Å². The van der Waals surface area contributed by atoms with Crippen LogP contribution in [0.5, 0.6) is 5.75 Å². The lowest BCUT2D eigenvalue weighted by molar-refractivity contribution is -0.159. The van der Waals surface area contributed by atoms with Crippen LogP contribution in [-0.2, 0) is 23.9 Å². The topological polar surface area (TPSA) is 106 Å². The number of benzene rings is 1. The van der Waals surface area contributed by atoms with E-state index in [0.717, 1.165) is 0 Å². The maximum atomic E-state index is 14.1. The molecule has 0 aromatic heterocycles. The minimum absolute atomic E-state index is 0.0341. The minimum atomic E-state index is -1.17. The Kier molecular flexibility index (Phi) is 6.44. The van der Waals surface area contributed by atoms with E-state index >= 15 is 0 Å². The van der Waals surface area contributed by atoms with Crippen LogP contribution in [0, 0.1) is 11.8 Å². The smallest absolute Gasteiger partial charge is 0.312 e. The molecular formula is C25H32N2O7. The first-order valence-corrected chi connectivity index (χ1v) is 11.6. The Morgan fingerprint density at radius 3 is 2.62 bits per heavy atom.